The summed E-state index contributed by atoms with van der Waals surface area (Å²) in [6, 6.07) is 8.85. The second-order valence-electron chi connectivity index (χ2n) is 5.20. The molecule has 1 saturated heterocycles. The largest absolute Gasteiger partial charge is 0.315 e. The van der Waals surface area contributed by atoms with E-state index < -0.39 is 0 Å². The lowest BCUT2D eigenvalue weighted by Gasteiger charge is -2.22. The average Bonchev–Trinajstić information content (AvgIpc) is 2.82. The van der Waals surface area contributed by atoms with Gasteiger partial charge in [0.25, 0.3) is 0 Å². The third-order valence-electron chi connectivity index (χ3n) is 3.73. The predicted octanol–water partition coefficient (Wildman–Crippen LogP) is 3.58. The van der Waals surface area contributed by atoms with Gasteiger partial charge in [0.15, 0.2) is 0 Å². The van der Waals surface area contributed by atoms with E-state index in [1.165, 1.54) is 42.9 Å². The highest BCUT2D eigenvalue weighted by Crippen LogP contribution is 2.36. The maximum atomic E-state index is 3.69. The molecule has 0 aliphatic carbocycles. The van der Waals surface area contributed by atoms with Crippen molar-refractivity contribution in [2.75, 3.05) is 18.8 Å². The molecule has 2 heterocycles. The molecule has 0 radical (unpaired) electrons. The van der Waals surface area contributed by atoms with E-state index in [-0.39, 0.29) is 0 Å². The minimum atomic E-state index is 0.746. The number of benzene rings is 1. The Morgan fingerprint density at radius 1 is 1.11 bits per heavy atom. The van der Waals surface area contributed by atoms with Crippen molar-refractivity contribution in [3.05, 3.63) is 29.8 Å². The fourth-order valence-corrected chi connectivity index (χ4v) is 5.30. The van der Waals surface area contributed by atoms with Crippen molar-refractivity contribution in [3.63, 3.8) is 0 Å². The normalized spacial score (nSPS) is 27.1. The molecule has 2 unspecified atom stereocenters. The van der Waals surface area contributed by atoms with Gasteiger partial charge in [0.2, 0.25) is 0 Å². The molecule has 0 amide bonds. The van der Waals surface area contributed by atoms with E-state index in [0.29, 0.717) is 0 Å². The highest BCUT2D eigenvalue weighted by Gasteiger charge is 2.21. The van der Waals surface area contributed by atoms with E-state index in [1.54, 1.807) is 5.56 Å². The molecule has 1 aromatic carbocycles. The van der Waals surface area contributed by atoms with Crippen LogP contribution < -0.4 is 5.32 Å². The Balaban J connectivity index is 1.40. The summed E-state index contributed by atoms with van der Waals surface area (Å²) in [5, 5.41) is 5.30. The van der Waals surface area contributed by atoms with Gasteiger partial charge in [-0.1, -0.05) is 24.6 Å². The molecule has 1 aromatic rings. The standard InChI is InChI=1S/C15H21NS2/c1-2-7-15-12(5-1)9-14(18-15)11-16-10-13-6-3-4-8-17-13/h1-2,5,7,13-14,16H,3-4,6,8-11H2. The summed E-state index contributed by atoms with van der Waals surface area (Å²) in [5.41, 5.74) is 1.54. The monoisotopic (exact) mass is 279 g/mol. The predicted molar refractivity (Wildman–Crippen MR) is 82.8 cm³/mol. The lowest BCUT2D eigenvalue weighted by molar-refractivity contribution is 0.592. The smallest absolute Gasteiger partial charge is 0.0260 e. The number of nitrogens with one attached hydrogen (secondary N) is 1. The van der Waals surface area contributed by atoms with Crippen LogP contribution in [-0.2, 0) is 6.42 Å². The first-order valence-corrected chi connectivity index (χ1v) is 8.91. The first kappa shape index (κ1) is 12.9. The molecule has 18 heavy (non-hydrogen) atoms. The Morgan fingerprint density at radius 2 is 2.00 bits per heavy atom. The second kappa shape index (κ2) is 6.36. The van der Waals surface area contributed by atoms with E-state index in [0.717, 1.165) is 17.0 Å². The zero-order chi connectivity index (χ0) is 12.2. The van der Waals surface area contributed by atoms with E-state index >= 15 is 0 Å². The van der Waals surface area contributed by atoms with Crippen molar-refractivity contribution >= 4 is 23.5 Å². The zero-order valence-corrected chi connectivity index (χ0v) is 12.4. The lowest BCUT2D eigenvalue weighted by atomic mass is 10.1. The molecule has 3 rings (SSSR count). The van der Waals surface area contributed by atoms with Crippen LogP contribution in [0.5, 0.6) is 0 Å². The minimum absolute atomic E-state index is 0.746. The van der Waals surface area contributed by atoms with Gasteiger partial charge in [0.05, 0.1) is 0 Å². The summed E-state index contributed by atoms with van der Waals surface area (Å²) in [4.78, 5) is 1.50. The minimum Gasteiger partial charge on any atom is -0.315 e. The van der Waals surface area contributed by atoms with Crippen LogP contribution in [0.4, 0.5) is 0 Å². The summed E-state index contributed by atoms with van der Waals surface area (Å²) < 4.78 is 0. The molecule has 2 aliphatic heterocycles. The maximum Gasteiger partial charge on any atom is 0.0260 e. The van der Waals surface area contributed by atoms with Crippen molar-refractivity contribution < 1.29 is 0 Å². The number of hydrogen-bond acceptors (Lipinski definition) is 3. The summed E-state index contributed by atoms with van der Waals surface area (Å²) in [7, 11) is 0. The van der Waals surface area contributed by atoms with Gasteiger partial charge in [-0.25, -0.2) is 0 Å². The summed E-state index contributed by atoms with van der Waals surface area (Å²) in [6.45, 7) is 2.37. The quantitative estimate of drug-likeness (QED) is 0.905. The summed E-state index contributed by atoms with van der Waals surface area (Å²) >= 11 is 4.22. The first-order valence-electron chi connectivity index (χ1n) is 6.99. The number of rotatable bonds is 4. The number of hydrogen-bond donors (Lipinski definition) is 1. The Labute approximate surface area is 119 Å². The van der Waals surface area contributed by atoms with Crippen molar-refractivity contribution in [2.45, 2.75) is 41.1 Å². The third kappa shape index (κ3) is 3.25. The highest BCUT2D eigenvalue weighted by molar-refractivity contribution is 8.00. The Hall–Kier alpha value is -0.120. The third-order valence-corrected chi connectivity index (χ3v) is 6.45. The van der Waals surface area contributed by atoms with Gasteiger partial charge in [-0.05, 0) is 36.6 Å². The van der Waals surface area contributed by atoms with Crippen LogP contribution in [0.1, 0.15) is 24.8 Å². The van der Waals surface area contributed by atoms with Crippen LogP contribution in [0, 0.1) is 0 Å². The summed E-state index contributed by atoms with van der Waals surface area (Å²) in [5.74, 6) is 1.37. The zero-order valence-electron chi connectivity index (χ0n) is 10.7. The molecule has 98 valence electrons. The molecule has 0 bridgehead atoms. The van der Waals surface area contributed by atoms with E-state index in [4.69, 9.17) is 0 Å². The van der Waals surface area contributed by atoms with Gasteiger partial charge in [0.1, 0.15) is 0 Å². The average molecular weight is 279 g/mol. The van der Waals surface area contributed by atoms with Crippen molar-refractivity contribution in [1.82, 2.24) is 5.32 Å². The maximum absolute atomic E-state index is 3.69. The molecule has 1 nitrogen and oxygen atoms in total. The number of thioether (sulfide) groups is 2. The molecule has 1 N–H and O–H groups in total. The van der Waals surface area contributed by atoms with Crippen LogP contribution in [-0.4, -0.2) is 29.3 Å². The Bertz CT molecular complexity index is 363. The Kier molecular flexibility index (Phi) is 4.55. The first-order chi connectivity index (χ1) is 8.92. The van der Waals surface area contributed by atoms with E-state index in [9.17, 15) is 0 Å². The van der Waals surface area contributed by atoms with Gasteiger partial charge in [0, 0.05) is 28.5 Å². The number of fused-ring (bicyclic) bond motifs is 1. The molecule has 0 spiro atoms. The fourth-order valence-electron chi connectivity index (χ4n) is 2.74. The highest BCUT2D eigenvalue weighted by atomic mass is 32.2. The Morgan fingerprint density at radius 3 is 2.83 bits per heavy atom. The molecule has 2 atom stereocenters. The van der Waals surface area contributed by atoms with Gasteiger partial charge >= 0.3 is 0 Å². The van der Waals surface area contributed by atoms with Gasteiger partial charge in [-0.3, -0.25) is 0 Å². The van der Waals surface area contributed by atoms with Crippen LogP contribution in [0.25, 0.3) is 0 Å². The topological polar surface area (TPSA) is 12.0 Å². The van der Waals surface area contributed by atoms with Crippen LogP contribution in [0.15, 0.2) is 29.2 Å². The summed E-state index contributed by atoms with van der Waals surface area (Å²) in [6.07, 6.45) is 5.51. The van der Waals surface area contributed by atoms with Crippen LogP contribution in [0.2, 0.25) is 0 Å². The van der Waals surface area contributed by atoms with E-state index in [2.05, 4.69) is 53.1 Å². The van der Waals surface area contributed by atoms with Crippen LogP contribution >= 0.6 is 23.5 Å². The lowest BCUT2D eigenvalue weighted by Crippen LogP contribution is -2.31. The fraction of sp³-hybridized carbons (Fsp3) is 0.600. The van der Waals surface area contributed by atoms with Gasteiger partial charge in [-0.2, -0.15) is 11.8 Å². The molecule has 2 aliphatic rings. The molecule has 0 aromatic heterocycles. The molecular formula is C15H21NS2. The SMILES string of the molecule is c1ccc2c(c1)CC(CNCC1CCCCS1)S2. The molecule has 1 fully saturated rings. The van der Waals surface area contributed by atoms with Crippen LogP contribution in [0.3, 0.4) is 0 Å². The second-order valence-corrected chi connectivity index (χ2v) is 7.95. The van der Waals surface area contributed by atoms with Crippen molar-refractivity contribution in [3.8, 4) is 0 Å². The van der Waals surface area contributed by atoms with E-state index in [1.807, 2.05) is 0 Å². The molecular weight excluding hydrogens is 258 g/mol. The van der Waals surface area contributed by atoms with Gasteiger partial charge < -0.3 is 5.32 Å². The van der Waals surface area contributed by atoms with Crippen molar-refractivity contribution in [2.24, 2.45) is 0 Å². The van der Waals surface area contributed by atoms with Crippen molar-refractivity contribution in [1.29, 1.82) is 0 Å². The molecule has 0 saturated carbocycles. The molecule has 3 heteroatoms. The van der Waals surface area contributed by atoms with Gasteiger partial charge in [-0.15, -0.1) is 11.8 Å².